The second-order valence-electron chi connectivity index (χ2n) is 6.07. The van der Waals surface area contributed by atoms with Gasteiger partial charge >= 0.3 is 0 Å². The van der Waals surface area contributed by atoms with Gasteiger partial charge < -0.3 is 20.1 Å². The third-order valence-corrected chi connectivity index (χ3v) is 4.70. The van der Waals surface area contributed by atoms with Gasteiger partial charge in [0.1, 0.15) is 0 Å². The molecule has 0 atom stereocenters. The summed E-state index contributed by atoms with van der Waals surface area (Å²) in [5.74, 6) is 1.05. The highest BCUT2D eigenvalue weighted by molar-refractivity contribution is 6.33. The zero-order valence-electron chi connectivity index (χ0n) is 13.3. The molecule has 0 spiro atoms. The molecule has 120 valence electrons. The number of fused-ring (bicyclic) bond motifs is 1. The Morgan fingerprint density at radius 3 is 2.64 bits per heavy atom. The van der Waals surface area contributed by atoms with Crippen molar-refractivity contribution in [2.75, 3.05) is 43.9 Å². The van der Waals surface area contributed by atoms with Crippen molar-refractivity contribution in [1.29, 1.82) is 0 Å². The number of nitrogens with two attached hydrogens (primary N) is 1. The van der Waals surface area contributed by atoms with E-state index in [2.05, 4.69) is 28.3 Å². The molecule has 0 bridgehead atoms. The predicted octanol–water partition coefficient (Wildman–Crippen LogP) is 2.82. The predicted molar refractivity (Wildman–Crippen MR) is 93.8 cm³/mol. The van der Waals surface area contributed by atoms with Gasteiger partial charge in [0.25, 0.3) is 0 Å². The molecule has 1 saturated heterocycles. The molecule has 1 aliphatic heterocycles. The van der Waals surface area contributed by atoms with Crippen LogP contribution in [0.3, 0.4) is 0 Å². The summed E-state index contributed by atoms with van der Waals surface area (Å²) in [6.45, 7) is 7.33. The van der Waals surface area contributed by atoms with Gasteiger partial charge in [-0.15, -0.1) is 0 Å². The molecule has 22 heavy (non-hydrogen) atoms. The summed E-state index contributed by atoms with van der Waals surface area (Å²) in [6.07, 6.45) is 2.29. The van der Waals surface area contributed by atoms with E-state index in [0.29, 0.717) is 10.7 Å². The maximum absolute atomic E-state index is 6.16. The quantitative estimate of drug-likeness (QED) is 0.880. The summed E-state index contributed by atoms with van der Waals surface area (Å²) < 4.78 is 2.30. The number of aromatic nitrogens is 2. The van der Waals surface area contributed by atoms with Crippen LogP contribution in [0.5, 0.6) is 0 Å². The van der Waals surface area contributed by atoms with Crippen LogP contribution in [-0.4, -0.2) is 47.7 Å². The number of hydrogen-bond donors (Lipinski definition) is 1. The Hall–Kier alpha value is -1.46. The molecule has 1 aliphatic rings. The first-order valence-electron chi connectivity index (χ1n) is 7.99. The van der Waals surface area contributed by atoms with E-state index in [9.17, 15) is 0 Å². The zero-order chi connectivity index (χ0) is 15.7. The number of piperazine rings is 1. The second kappa shape index (κ2) is 6.34. The van der Waals surface area contributed by atoms with Crippen LogP contribution in [0.4, 0.5) is 11.6 Å². The molecule has 0 amide bonds. The third-order valence-electron chi connectivity index (χ3n) is 4.37. The van der Waals surface area contributed by atoms with Crippen molar-refractivity contribution in [3.63, 3.8) is 0 Å². The van der Waals surface area contributed by atoms with Gasteiger partial charge in [0, 0.05) is 32.7 Å². The molecule has 0 radical (unpaired) electrons. The Bertz CT molecular complexity index is 658. The number of likely N-dealkylation sites (N-methyl/N-ethyl adjacent to an activating group) is 1. The maximum atomic E-state index is 6.16. The first-order valence-corrected chi connectivity index (χ1v) is 8.36. The number of unbranched alkanes of at least 4 members (excludes halogenated alkanes) is 1. The molecule has 6 heteroatoms. The van der Waals surface area contributed by atoms with Crippen molar-refractivity contribution < 1.29 is 0 Å². The monoisotopic (exact) mass is 321 g/mol. The van der Waals surface area contributed by atoms with Crippen LogP contribution in [-0.2, 0) is 6.54 Å². The molecule has 0 saturated carbocycles. The highest BCUT2D eigenvalue weighted by Gasteiger charge is 2.21. The third kappa shape index (κ3) is 2.88. The van der Waals surface area contributed by atoms with Gasteiger partial charge in [0.05, 0.1) is 21.7 Å². The molecular formula is C16H24ClN5. The van der Waals surface area contributed by atoms with Crippen LogP contribution in [0.15, 0.2) is 12.1 Å². The van der Waals surface area contributed by atoms with Crippen LogP contribution in [0.25, 0.3) is 11.0 Å². The van der Waals surface area contributed by atoms with Gasteiger partial charge in [-0.3, -0.25) is 0 Å². The van der Waals surface area contributed by atoms with Crippen molar-refractivity contribution in [2.45, 2.75) is 26.3 Å². The molecule has 3 rings (SSSR count). The standard InChI is InChI=1S/C16H24ClN5/c1-3-4-5-22-15-11-13(18)12(17)10-14(15)19-16(22)21-8-6-20(2)7-9-21/h10-11H,3-9,18H2,1-2H3. The van der Waals surface area contributed by atoms with E-state index >= 15 is 0 Å². The van der Waals surface area contributed by atoms with Crippen LogP contribution in [0, 0.1) is 0 Å². The highest BCUT2D eigenvalue weighted by atomic mass is 35.5. The number of nitrogens with zero attached hydrogens (tertiary/aromatic N) is 4. The molecule has 1 aromatic carbocycles. The first kappa shape index (κ1) is 15.4. The number of nitrogen functional groups attached to an aromatic ring is 1. The molecule has 2 heterocycles. The van der Waals surface area contributed by atoms with Gasteiger partial charge in [0.2, 0.25) is 5.95 Å². The van der Waals surface area contributed by atoms with Crippen molar-refractivity contribution in [3.05, 3.63) is 17.2 Å². The van der Waals surface area contributed by atoms with Crippen molar-refractivity contribution in [1.82, 2.24) is 14.5 Å². The average Bonchev–Trinajstić information content (AvgIpc) is 2.84. The van der Waals surface area contributed by atoms with Crippen LogP contribution in [0.1, 0.15) is 19.8 Å². The summed E-state index contributed by atoms with van der Waals surface area (Å²) >= 11 is 6.16. The van der Waals surface area contributed by atoms with E-state index in [4.69, 9.17) is 22.3 Å². The maximum Gasteiger partial charge on any atom is 0.206 e. The van der Waals surface area contributed by atoms with E-state index in [1.165, 1.54) is 0 Å². The van der Waals surface area contributed by atoms with Crippen molar-refractivity contribution in [2.24, 2.45) is 0 Å². The minimum absolute atomic E-state index is 0.581. The Labute approximate surface area is 136 Å². The summed E-state index contributed by atoms with van der Waals surface area (Å²) in [5, 5.41) is 0.581. The zero-order valence-corrected chi connectivity index (χ0v) is 14.1. The number of anilines is 2. The Morgan fingerprint density at radius 1 is 1.23 bits per heavy atom. The number of rotatable bonds is 4. The summed E-state index contributed by atoms with van der Waals surface area (Å²) in [6, 6.07) is 3.84. The molecule has 1 aromatic heterocycles. The smallest absolute Gasteiger partial charge is 0.206 e. The molecule has 5 nitrogen and oxygen atoms in total. The Kier molecular flexibility index (Phi) is 4.45. The fraction of sp³-hybridized carbons (Fsp3) is 0.562. The molecule has 2 N–H and O–H groups in total. The van der Waals surface area contributed by atoms with E-state index in [1.807, 2.05) is 12.1 Å². The number of hydrogen-bond acceptors (Lipinski definition) is 4. The first-order chi connectivity index (χ1) is 10.6. The van der Waals surface area contributed by atoms with Gasteiger partial charge in [-0.1, -0.05) is 24.9 Å². The lowest BCUT2D eigenvalue weighted by atomic mass is 10.2. The Morgan fingerprint density at radius 2 is 1.95 bits per heavy atom. The molecule has 1 fully saturated rings. The number of aryl methyl sites for hydroxylation is 1. The van der Waals surface area contributed by atoms with Gasteiger partial charge in [0.15, 0.2) is 0 Å². The topological polar surface area (TPSA) is 50.3 Å². The minimum atomic E-state index is 0.581. The van der Waals surface area contributed by atoms with E-state index in [-0.39, 0.29) is 0 Å². The fourth-order valence-electron chi connectivity index (χ4n) is 2.93. The molecule has 0 unspecified atom stereocenters. The van der Waals surface area contributed by atoms with Gasteiger partial charge in [-0.05, 0) is 25.6 Å². The lowest BCUT2D eigenvalue weighted by Crippen LogP contribution is -2.45. The largest absolute Gasteiger partial charge is 0.397 e. The van der Waals surface area contributed by atoms with E-state index in [1.54, 1.807) is 0 Å². The lowest BCUT2D eigenvalue weighted by Gasteiger charge is -2.33. The number of benzene rings is 1. The number of halogens is 1. The lowest BCUT2D eigenvalue weighted by molar-refractivity contribution is 0.310. The summed E-state index contributed by atoms with van der Waals surface area (Å²) in [5.41, 5.74) is 8.64. The van der Waals surface area contributed by atoms with Crippen LogP contribution >= 0.6 is 11.6 Å². The van der Waals surface area contributed by atoms with Crippen LogP contribution in [0.2, 0.25) is 5.02 Å². The molecular weight excluding hydrogens is 298 g/mol. The Balaban J connectivity index is 2.03. The second-order valence-corrected chi connectivity index (χ2v) is 6.48. The number of imidazole rings is 1. The average molecular weight is 322 g/mol. The van der Waals surface area contributed by atoms with Crippen LogP contribution < -0.4 is 10.6 Å². The van der Waals surface area contributed by atoms with Gasteiger partial charge in [-0.25, -0.2) is 4.98 Å². The normalized spacial score (nSPS) is 16.6. The summed E-state index contributed by atoms with van der Waals surface area (Å²) in [4.78, 5) is 9.57. The summed E-state index contributed by atoms with van der Waals surface area (Å²) in [7, 11) is 2.16. The molecule has 2 aromatic rings. The van der Waals surface area contributed by atoms with Crippen molar-refractivity contribution in [3.8, 4) is 0 Å². The SMILES string of the molecule is CCCCn1c(N2CCN(C)CC2)nc2cc(Cl)c(N)cc21. The molecule has 0 aliphatic carbocycles. The van der Waals surface area contributed by atoms with E-state index < -0.39 is 0 Å². The minimum Gasteiger partial charge on any atom is -0.397 e. The van der Waals surface area contributed by atoms with E-state index in [0.717, 1.165) is 62.5 Å². The van der Waals surface area contributed by atoms with Crippen molar-refractivity contribution >= 4 is 34.3 Å². The van der Waals surface area contributed by atoms with Gasteiger partial charge in [-0.2, -0.15) is 0 Å². The highest BCUT2D eigenvalue weighted by Crippen LogP contribution is 2.30. The fourth-order valence-corrected chi connectivity index (χ4v) is 3.09.